The van der Waals surface area contributed by atoms with Crippen LogP contribution in [0.4, 0.5) is 5.69 Å². The van der Waals surface area contributed by atoms with Gasteiger partial charge in [-0.05, 0) is 30.3 Å². The molecular formula is C18H13ClN4O3S2. The van der Waals surface area contributed by atoms with Gasteiger partial charge in [0.2, 0.25) is 0 Å². The van der Waals surface area contributed by atoms with Gasteiger partial charge in [-0.25, -0.2) is 0 Å². The highest BCUT2D eigenvalue weighted by atomic mass is 35.5. The molecule has 0 aliphatic rings. The lowest BCUT2D eigenvalue weighted by atomic mass is 10.3. The summed E-state index contributed by atoms with van der Waals surface area (Å²) < 4.78 is 5.20. The number of benzene rings is 2. The second-order valence-electron chi connectivity index (χ2n) is 5.30. The number of pyridine rings is 1. The molecule has 0 atom stereocenters. The smallest absolute Gasteiger partial charge is 0.269 e. The van der Waals surface area contributed by atoms with E-state index in [1.165, 1.54) is 30.1 Å². The molecule has 0 saturated heterocycles. The Kier molecular flexibility index (Phi) is 6.75. The first-order valence-electron chi connectivity index (χ1n) is 7.83. The zero-order valence-electron chi connectivity index (χ0n) is 14.2. The first kappa shape index (κ1) is 20.0. The van der Waals surface area contributed by atoms with Gasteiger partial charge in [-0.15, -0.1) is 0 Å². The summed E-state index contributed by atoms with van der Waals surface area (Å²) in [6.45, 7) is 0. The Bertz CT molecular complexity index is 1000. The van der Waals surface area contributed by atoms with E-state index >= 15 is 0 Å². The molecule has 0 fully saturated rings. The molecule has 0 amide bonds. The maximum absolute atomic E-state index is 10.7. The van der Waals surface area contributed by atoms with Crippen molar-refractivity contribution in [1.82, 2.24) is 4.98 Å². The van der Waals surface area contributed by atoms with E-state index in [0.29, 0.717) is 15.6 Å². The quantitative estimate of drug-likeness (QED) is 0.181. The van der Waals surface area contributed by atoms with Crippen LogP contribution >= 0.6 is 35.4 Å². The standard InChI is InChI=1S/C18H13ClN4O3S2/c19-12-10-16(27-14-4-2-1-3-5-14)17(21-11-12)18(20)22-26-28-15-8-6-13(7-9-15)23(24)25/h1-11H,(H2,20,22). The number of halogens is 1. The maximum atomic E-state index is 10.7. The van der Waals surface area contributed by atoms with Crippen molar-refractivity contribution < 1.29 is 9.21 Å². The fourth-order valence-electron chi connectivity index (χ4n) is 2.07. The van der Waals surface area contributed by atoms with Gasteiger partial charge in [0.15, 0.2) is 5.84 Å². The molecule has 0 spiro atoms. The fourth-order valence-corrected chi connectivity index (χ4v) is 3.74. The normalized spacial score (nSPS) is 11.2. The molecule has 3 rings (SSSR count). The molecule has 2 N–H and O–H groups in total. The van der Waals surface area contributed by atoms with Crippen LogP contribution in [0.2, 0.25) is 5.02 Å². The van der Waals surface area contributed by atoms with Gasteiger partial charge in [0.05, 0.1) is 14.8 Å². The summed E-state index contributed by atoms with van der Waals surface area (Å²) in [6, 6.07) is 17.4. The topological polar surface area (TPSA) is 104 Å². The van der Waals surface area contributed by atoms with E-state index in [0.717, 1.165) is 21.8 Å². The number of nitro benzene ring substituents is 1. The molecule has 0 radical (unpaired) electrons. The number of amidine groups is 1. The third-order valence-corrected chi connectivity index (χ3v) is 5.21. The van der Waals surface area contributed by atoms with E-state index in [9.17, 15) is 10.1 Å². The lowest BCUT2D eigenvalue weighted by molar-refractivity contribution is -0.384. The number of oxime groups is 1. The van der Waals surface area contributed by atoms with E-state index in [2.05, 4.69) is 10.1 Å². The molecule has 142 valence electrons. The molecule has 0 unspecified atom stereocenters. The molecule has 10 heteroatoms. The van der Waals surface area contributed by atoms with E-state index in [1.54, 1.807) is 18.2 Å². The number of aromatic nitrogens is 1. The third-order valence-electron chi connectivity index (χ3n) is 3.35. The second-order valence-corrected chi connectivity index (χ2v) is 7.64. The molecule has 0 saturated carbocycles. The van der Waals surface area contributed by atoms with Gasteiger partial charge in [0, 0.05) is 28.1 Å². The number of hydrogen-bond acceptors (Lipinski definition) is 7. The molecule has 1 heterocycles. The van der Waals surface area contributed by atoms with Gasteiger partial charge in [0.1, 0.15) is 17.7 Å². The Morgan fingerprint density at radius 1 is 1.14 bits per heavy atom. The minimum absolute atomic E-state index is 0.000285. The van der Waals surface area contributed by atoms with Crippen molar-refractivity contribution in [2.45, 2.75) is 14.7 Å². The summed E-state index contributed by atoms with van der Waals surface area (Å²) in [5.74, 6) is 0.0875. The van der Waals surface area contributed by atoms with Gasteiger partial charge >= 0.3 is 0 Å². The van der Waals surface area contributed by atoms with Gasteiger partial charge in [-0.1, -0.05) is 46.7 Å². The van der Waals surface area contributed by atoms with Crippen LogP contribution in [0.15, 0.2) is 86.7 Å². The molecule has 2 aromatic carbocycles. The van der Waals surface area contributed by atoms with E-state index in [4.69, 9.17) is 21.6 Å². The van der Waals surface area contributed by atoms with Crippen LogP contribution in [0.3, 0.4) is 0 Å². The van der Waals surface area contributed by atoms with Gasteiger partial charge in [0.25, 0.3) is 5.69 Å². The lowest BCUT2D eigenvalue weighted by Gasteiger charge is -2.08. The summed E-state index contributed by atoms with van der Waals surface area (Å²) in [5, 5.41) is 15.0. The molecule has 0 aliphatic heterocycles. The molecule has 7 nitrogen and oxygen atoms in total. The zero-order chi connectivity index (χ0) is 19.9. The Morgan fingerprint density at radius 3 is 2.54 bits per heavy atom. The summed E-state index contributed by atoms with van der Waals surface area (Å²) in [4.78, 5) is 16.8. The maximum Gasteiger partial charge on any atom is 0.269 e. The predicted octanol–water partition coefficient (Wildman–Crippen LogP) is 5.14. The number of rotatable bonds is 7. The number of non-ortho nitro benzene ring substituents is 1. The van der Waals surface area contributed by atoms with Crippen LogP contribution in [-0.2, 0) is 4.28 Å². The van der Waals surface area contributed by atoms with Crippen LogP contribution in [0.1, 0.15) is 5.69 Å². The van der Waals surface area contributed by atoms with Crippen molar-refractivity contribution in [3.63, 3.8) is 0 Å². The number of hydrogen-bond donors (Lipinski definition) is 1. The summed E-state index contributed by atoms with van der Waals surface area (Å²) in [6.07, 6.45) is 1.48. The highest BCUT2D eigenvalue weighted by Crippen LogP contribution is 2.31. The summed E-state index contributed by atoms with van der Waals surface area (Å²) in [7, 11) is 0. The average Bonchev–Trinajstić information content (AvgIpc) is 2.69. The van der Waals surface area contributed by atoms with Crippen LogP contribution in [-0.4, -0.2) is 15.7 Å². The lowest BCUT2D eigenvalue weighted by Crippen LogP contribution is -2.16. The number of nitro groups is 1. The first-order valence-corrected chi connectivity index (χ1v) is 9.77. The monoisotopic (exact) mass is 432 g/mol. The van der Waals surface area contributed by atoms with Crippen LogP contribution in [0.25, 0.3) is 0 Å². The van der Waals surface area contributed by atoms with Gasteiger partial charge in [-0.3, -0.25) is 15.1 Å². The summed E-state index contributed by atoms with van der Waals surface area (Å²) >= 11 is 8.45. The second kappa shape index (κ2) is 9.45. The largest absolute Gasteiger partial charge is 0.379 e. The Morgan fingerprint density at radius 2 is 1.86 bits per heavy atom. The van der Waals surface area contributed by atoms with Crippen LogP contribution < -0.4 is 5.73 Å². The Balaban J connectivity index is 1.72. The van der Waals surface area contributed by atoms with E-state index in [-0.39, 0.29) is 11.5 Å². The van der Waals surface area contributed by atoms with Crippen LogP contribution in [0, 0.1) is 10.1 Å². The number of nitrogens with two attached hydrogens (primary N) is 1. The highest BCUT2D eigenvalue weighted by Gasteiger charge is 2.12. The molecule has 3 aromatic rings. The summed E-state index contributed by atoms with van der Waals surface area (Å²) in [5.41, 5.74) is 6.48. The fraction of sp³-hybridized carbons (Fsp3) is 0. The average molecular weight is 433 g/mol. The minimum Gasteiger partial charge on any atom is -0.379 e. The third kappa shape index (κ3) is 5.38. The SMILES string of the molecule is N/C(=N\OSc1ccc([N+](=O)[O-])cc1)c1ncc(Cl)cc1Sc1ccccc1. The highest BCUT2D eigenvalue weighted by molar-refractivity contribution is 7.99. The van der Waals surface area contributed by atoms with Crippen molar-refractivity contribution in [3.05, 3.63) is 87.7 Å². The minimum atomic E-state index is -0.469. The van der Waals surface area contributed by atoms with Crippen molar-refractivity contribution in [2.24, 2.45) is 10.9 Å². The molecule has 0 bridgehead atoms. The Hall–Kier alpha value is -2.75. The van der Waals surface area contributed by atoms with Crippen molar-refractivity contribution in [2.75, 3.05) is 0 Å². The molecule has 0 aliphatic carbocycles. The van der Waals surface area contributed by atoms with Crippen molar-refractivity contribution in [3.8, 4) is 0 Å². The van der Waals surface area contributed by atoms with E-state index in [1.807, 2.05) is 30.3 Å². The zero-order valence-corrected chi connectivity index (χ0v) is 16.6. The van der Waals surface area contributed by atoms with Crippen LogP contribution in [0.5, 0.6) is 0 Å². The van der Waals surface area contributed by atoms with Crippen molar-refractivity contribution >= 4 is 46.9 Å². The Labute approximate surface area is 174 Å². The molecular weight excluding hydrogens is 420 g/mol. The van der Waals surface area contributed by atoms with Gasteiger partial charge in [-0.2, -0.15) is 0 Å². The van der Waals surface area contributed by atoms with E-state index < -0.39 is 4.92 Å². The number of nitrogens with zero attached hydrogens (tertiary/aromatic N) is 3. The first-order chi connectivity index (χ1) is 13.5. The van der Waals surface area contributed by atoms with Gasteiger partial charge < -0.3 is 10.0 Å². The molecule has 1 aromatic heterocycles. The molecule has 28 heavy (non-hydrogen) atoms. The predicted molar refractivity (Wildman–Crippen MR) is 111 cm³/mol. The van der Waals surface area contributed by atoms with Crippen molar-refractivity contribution in [1.29, 1.82) is 0 Å².